The number of aryl methyl sites for hydroxylation is 2. The Balaban J connectivity index is 2.82. The Morgan fingerprint density at radius 1 is 1.58 bits per heavy atom. The van der Waals surface area contributed by atoms with Gasteiger partial charge in [-0.05, 0) is 20.4 Å². The zero-order valence-corrected chi connectivity index (χ0v) is 7.26. The van der Waals surface area contributed by atoms with E-state index in [2.05, 4.69) is 4.98 Å². The molecule has 0 amide bonds. The van der Waals surface area contributed by atoms with Gasteiger partial charge in [0.25, 0.3) is 5.89 Å². The topological polar surface area (TPSA) is 69.1 Å². The van der Waals surface area contributed by atoms with Crippen LogP contribution in [0.1, 0.15) is 28.6 Å². The Hall–Kier alpha value is -1.16. The molecule has 1 aromatic heterocycles. The third kappa shape index (κ3) is 1.71. The van der Waals surface area contributed by atoms with E-state index >= 15 is 0 Å². The van der Waals surface area contributed by atoms with Crippen LogP contribution in [0.2, 0.25) is 0 Å². The largest absolute Gasteiger partial charge is 0.439 e. The van der Waals surface area contributed by atoms with Crippen LogP contribution in [0, 0.1) is 13.8 Å². The molecule has 0 aliphatic carbocycles. The molecule has 0 aromatic carbocycles. The van der Waals surface area contributed by atoms with Crippen LogP contribution in [0.15, 0.2) is 4.42 Å². The quantitative estimate of drug-likeness (QED) is 0.678. The Bertz CT molecular complexity index is 272. The standard InChI is InChI=1S/C8H12N2O2/c1-5-6(2)12-8(10-5)7(11)3-4-9/h3-4,9H2,1-2H3. The van der Waals surface area contributed by atoms with E-state index in [4.69, 9.17) is 10.2 Å². The third-order valence-corrected chi connectivity index (χ3v) is 1.64. The third-order valence-electron chi connectivity index (χ3n) is 1.64. The Morgan fingerprint density at radius 3 is 2.67 bits per heavy atom. The Kier molecular flexibility index (Phi) is 2.60. The molecule has 0 fully saturated rings. The van der Waals surface area contributed by atoms with Crippen LogP contribution in [0.5, 0.6) is 0 Å². The van der Waals surface area contributed by atoms with Crippen LogP contribution in [-0.4, -0.2) is 17.3 Å². The summed E-state index contributed by atoms with van der Waals surface area (Å²) < 4.78 is 5.11. The Labute approximate surface area is 70.8 Å². The van der Waals surface area contributed by atoms with Gasteiger partial charge in [0.15, 0.2) is 0 Å². The summed E-state index contributed by atoms with van der Waals surface area (Å²) in [5, 5.41) is 0. The highest BCUT2D eigenvalue weighted by Gasteiger charge is 2.12. The van der Waals surface area contributed by atoms with Crippen molar-refractivity contribution < 1.29 is 9.21 Å². The predicted octanol–water partition coefficient (Wildman–Crippen LogP) is 0.823. The van der Waals surface area contributed by atoms with Crippen LogP contribution in [0.25, 0.3) is 0 Å². The molecule has 0 atom stereocenters. The molecule has 4 heteroatoms. The first-order valence-electron chi connectivity index (χ1n) is 3.82. The van der Waals surface area contributed by atoms with Crippen LogP contribution in [0.3, 0.4) is 0 Å². The Morgan fingerprint density at radius 2 is 2.25 bits per heavy atom. The smallest absolute Gasteiger partial charge is 0.263 e. The summed E-state index contributed by atoms with van der Waals surface area (Å²) in [7, 11) is 0. The van der Waals surface area contributed by atoms with Crippen molar-refractivity contribution in [2.75, 3.05) is 6.54 Å². The number of rotatable bonds is 3. The summed E-state index contributed by atoms with van der Waals surface area (Å²) in [6.45, 7) is 3.92. The number of ketones is 1. The molecule has 2 N–H and O–H groups in total. The van der Waals surface area contributed by atoms with Gasteiger partial charge in [-0.3, -0.25) is 4.79 Å². The normalized spacial score (nSPS) is 10.2. The molecule has 0 aliphatic heterocycles. The van der Waals surface area contributed by atoms with Crippen molar-refractivity contribution in [1.29, 1.82) is 0 Å². The number of carbonyl (C=O) groups is 1. The van der Waals surface area contributed by atoms with Crippen molar-refractivity contribution in [3.63, 3.8) is 0 Å². The van der Waals surface area contributed by atoms with Crippen LogP contribution in [-0.2, 0) is 0 Å². The molecule has 0 aliphatic rings. The van der Waals surface area contributed by atoms with Gasteiger partial charge >= 0.3 is 0 Å². The number of hydrogen-bond acceptors (Lipinski definition) is 4. The van der Waals surface area contributed by atoms with E-state index in [0.29, 0.717) is 18.7 Å². The average Bonchev–Trinajstić information content (AvgIpc) is 2.33. The molecule has 12 heavy (non-hydrogen) atoms. The molecule has 0 saturated carbocycles. The average molecular weight is 168 g/mol. The van der Waals surface area contributed by atoms with E-state index in [1.807, 2.05) is 0 Å². The van der Waals surface area contributed by atoms with E-state index < -0.39 is 0 Å². The fourth-order valence-electron chi connectivity index (χ4n) is 0.830. The van der Waals surface area contributed by atoms with Crippen molar-refractivity contribution in [2.24, 2.45) is 5.73 Å². The molecule has 1 heterocycles. The summed E-state index contributed by atoms with van der Waals surface area (Å²) in [5.41, 5.74) is 5.98. The predicted molar refractivity (Wildman–Crippen MR) is 44.0 cm³/mol. The van der Waals surface area contributed by atoms with Gasteiger partial charge in [0.1, 0.15) is 5.76 Å². The minimum atomic E-state index is -0.131. The van der Waals surface area contributed by atoms with Gasteiger partial charge in [0, 0.05) is 6.42 Å². The first-order chi connectivity index (χ1) is 5.65. The highest BCUT2D eigenvalue weighted by atomic mass is 16.4. The van der Waals surface area contributed by atoms with Gasteiger partial charge in [-0.15, -0.1) is 0 Å². The highest BCUT2D eigenvalue weighted by molar-refractivity contribution is 5.91. The van der Waals surface area contributed by atoms with Gasteiger partial charge < -0.3 is 10.2 Å². The van der Waals surface area contributed by atoms with Crippen LogP contribution < -0.4 is 5.73 Å². The SMILES string of the molecule is Cc1nc(C(=O)CCN)oc1C. The van der Waals surface area contributed by atoms with Gasteiger partial charge in [0.2, 0.25) is 5.78 Å². The molecular weight excluding hydrogens is 156 g/mol. The number of hydrogen-bond donors (Lipinski definition) is 1. The van der Waals surface area contributed by atoms with E-state index in [0.717, 1.165) is 5.69 Å². The second kappa shape index (κ2) is 3.49. The molecule has 0 radical (unpaired) electrons. The van der Waals surface area contributed by atoms with Crippen LogP contribution >= 0.6 is 0 Å². The number of oxazole rings is 1. The molecule has 66 valence electrons. The monoisotopic (exact) mass is 168 g/mol. The minimum Gasteiger partial charge on any atom is -0.439 e. The van der Waals surface area contributed by atoms with Gasteiger partial charge in [-0.1, -0.05) is 0 Å². The number of carbonyl (C=O) groups excluding carboxylic acids is 1. The first-order valence-corrected chi connectivity index (χ1v) is 3.82. The number of Topliss-reactive ketones (excluding diaryl/α,β-unsaturated/α-hetero) is 1. The second-order valence-corrected chi connectivity index (χ2v) is 2.62. The van der Waals surface area contributed by atoms with E-state index in [9.17, 15) is 4.79 Å². The van der Waals surface area contributed by atoms with Crippen molar-refractivity contribution in [3.05, 3.63) is 17.3 Å². The van der Waals surface area contributed by atoms with Gasteiger partial charge in [-0.25, -0.2) is 4.98 Å². The molecule has 4 nitrogen and oxygen atoms in total. The first kappa shape index (κ1) is 8.93. The lowest BCUT2D eigenvalue weighted by molar-refractivity contribution is 0.0950. The molecule has 1 rings (SSSR count). The lowest BCUT2D eigenvalue weighted by atomic mass is 10.3. The van der Waals surface area contributed by atoms with E-state index in [1.54, 1.807) is 13.8 Å². The summed E-state index contributed by atoms with van der Waals surface area (Å²) >= 11 is 0. The number of nitrogens with two attached hydrogens (primary N) is 1. The molecule has 0 saturated heterocycles. The molecule has 0 spiro atoms. The lowest BCUT2D eigenvalue weighted by Crippen LogP contribution is -2.08. The maximum Gasteiger partial charge on any atom is 0.263 e. The van der Waals surface area contributed by atoms with Crippen molar-refractivity contribution in [3.8, 4) is 0 Å². The van der Waals surface area contributed by atoms with E-state index in [-0.39, 0.29) is 11.7 Å². The summed E-state index contributed by atoms with van der Waals surface area (Å²) in [5.74, 6) is 0.736. The summed E-state index contributed by atoms with van der Waals surface area (Å²) in [6.07, 6.45) is 0.291. The fourth-order valence-corrected chi connectivity index (χ4v) is 0.830. The molecule has 0 bridgehead atoms. The maximum absolute atomic E-state index is 11.2. The fraction of sp³-hybridized carbons (Fsp3) is 0.500. The zero-order valence-electron chi connectivity index (χ0n) is 7.26. The summed E-state index contributed by atoms with van der Waals surface area (Å²) in [4.78, 5) is 15.1. The highest BCUT2D eigenvalue weighted by Crippen LogP contribution is 2.09. The number of aromatic nitrogens is 1. The van der Waals surface area contributed by atoms with E-state index in [1.165, 1.54) is 0 Å². The van der Waals surface area contributed by atoms with Crippen molar-refractivity contribution in [1.82, 2.24) is 4.98 Å². The lowest BCUT2D eigenvalue weighted by Gasteiger charge is -1.89. The van der Waals surface area contributed by atoms with Gasteiger partial charge in [-0.2, -0.15) is 0 Å². The zero-order chi connectivity index (χ0) is 9.14. The minimum absolute atomic E-state index is 0.131. The molecule has 0 unspecified atom stereocenters. The van der Waals surface area contributed by atoms with Gasteiger partial charge in [0.05, 0.1) is 5.69 Å². The summed E-state index contributed by atoms with van der Waals surface area (Å²) in [6, 6.07) is 0. The maximum atomic E-state index is 11.2. The van der Waals surface area contributed by atoms with Crippen molar-refractivity contribution >= 4 is 5.78 Å². The molecular formula is C8H12N2O2. The second-order valence-electron chi connectivity index (χ2n) is 2.62. The molecule has 1 aromatic rings. The van der Waals surface area contributed by atoms with Crippen LogP contribution in [0.4, 0.5) is 0 Å². The van der Waals surface area contributed by atoms with Crippen molar-refractivity contribution in [2.45, 2.75) is 20.3 Å². The number of nitrogens with zero attached hydrogens (tertiary/aromatic N) is 1.